The summed E-state index contributed by atoms with van der Waals surface area (Å²) in [6, 6.07) is 6.60. The first-order chi connectivity index (χ1) is 14.5. The quantitative estimate of drug-likeness (QED) is 0.501. The Kier molecular flexibility index (Phi) is 4.55. The molecule has 152 valence electrons. The van der Waals surface area contributed by atoms with E-state index < -0.39 is 11.6 Å². The van der Waals surface area contributed by atoms with Crippen molar-refractivity contribution in [2.45, 2.75) is 13.3 Å². The van der Waals surface area contributed by atoms with Crippen LogP contribution in [0.3, 0.4) is 0 Å². The first-order valence-corrected chi connectivity index (χ1v) is 10.0. The highest BCUT2D eigenvalue weighted by atomic mass is 19.1. The van der Waals surface area contributed by atoms with Gasteiger partial charge in [0.05, 0.1) is 6.20 Å². The molecule has 1 aliphatic heterocycles. The second kappa shape index (κ2) is 7.25. The second-order valence-corrected chi connectivity index (χ2v) is 7.63. The van der Waals surface area contributed by atoms with Gasteiger partial charge in [-0.25, -0.2) is 18.7 Å². The molecule has 3 heterocycles. The van der Waals surface area contributed by atoms with Gasteiger partial charge < -0.3 is 0 Å². The Bertz CT molecular complexity index is 1310. The minimum Gasteiger partial charge on any atom is -0.300 e. The van der Waals surface area contributed by atoms with E-state index in [0.29, 0.717) is 21.9 Å². The van der Waals surface area contributed by atoms with Crippen molar-refractivity contribution in [1.29, 1.82) is 0 Å². The van der Waals surface area contributed by atoms with Gasteiger partial charge in [0.15, 0.2) is 5.82 Å². The van der Waals surface area contributed by atoms with E-state index in [9.17, 15) is 8.78 Å². The average molecular weight is 405 g/mol. The van der Waals surface area contributed by atoms with Gasteiger partial charge in [-0.1, -0.05) is 13.0 Å². The van der Waals surface area contributed by atoms with Crippen molar-refractivity contribution < 1.29 is 8.78 Å². The number of aryl methyl sites for hydroxylation is 1. The summed E-state index contributed by atoms with van der Waals surface area (Å²) in [5.41, 5.74) is 3.16. The van der Waals surface area contributed by atoms with Crippen LogP contribution in [0, 0.1) is 11.6 Å². The summed E-state index contributed by atoms with van der Waals surface area (Å²) in [6.07, 6.45) is 6.25. The summed E-state index contributed by atoms with van der Waals surface area (Å²) < 4.78 is 31.0. The number of halogens is 2. The Balaban J connectivity index is 1.55. The van der Waals surface area contributed by atoms with E-state index in [0.717, 1.165) is 37.2 Å². The standard InChI is InChI=1S/C23H21F2N5/c1-3-30-6-4-14(5-7-30)15-8-17-12-26-23(28-21(17)19(24)10-15)16-9-18-13-27-29(2)22(18)20(25)11-16/h4,8-13H,3,5-7H2,1-2H3. The molecule has 4 aromatic rings. The molecule has 0 fully saturated rings. The topological polar surface area (TPSA) is 46.8 Å². The third-order valence-corrected chi connectivity index (χ3v) is 5.79. The molecule has 0 saturated heterocycles. The van der Waals surface area contributed by atoms with Gasteiger partial charge in [0.25, 0.3) is 0 Å². The van der Waals surface area contributed by atoms with E-state index in [2.05, 4.69) is 33.0 Å². The molecule has 30 heavy (non-hydrogen) atoms. The van der Waals surface area contributed by atoms with Crippen molar-refractivity contribution >= 4 is 27.4 Å². The van der Waals surface area contributed by atoms with Crippen molar-refractivity contribution in [2.24, 2.45) is 7.05 Å². The fraction of sp³-hybridized carbons (Fsp3) is 0.261. The normalized spacial score (nSPS) is 15.1. The zero-order valence-electron chi connectivity index (χ0n) is 16.9. The SMILES string of the molecule is CCN1CC=C(c2cc(F)c3nc(-c4cc(F)c5c(cnn5C)c4)ncc3c2)CC1. The van der Waals surface area contributed by atoms with E-state index in [1.54, 1.807) is 25.5 Å². The zero-order chi connectivity index (χ0) is 20.8. The number of likely N-dealkylation sites (N-methyl/N-ethyl adjacent to an activating group) is 1. The van der Waals surface area contributed by atoms with Gasteiger partial charge in [-0.3, -0.25) is 9.58 Å². The number of nitrogens with zero attached hydrogens (tertiary/aromatic N) is 5. The molecule has 2 aromatic heterocycles. The van der Waals surface area contributed by atoms with Crippen LogP contribution in [0.4, 0.5) is 8.78 Å². The lowest BCUT2D eigenvalue weighted by Gasteiger charge is -2.25. The summed E-state index contributed by atoms with van der Waals surface area (Å²) in [5, 5.41) is 5.37. The van der Waals surface area contributed by atoms with E-state index in [4.69, 9.17) is 0 Å². The van der Waals surface area contributed by atoms with Crippen molar-refractivity contribution in [2.75, 3.05) is 19.6 Å². The monoisotopic (exact) mass is 405 g/mol. The lowest BCUT2D eigenvalue weighted by Crippen LogP contribution is -2.28. The van der Waals surface area contributed by atoms with E-state index in [-0.39, 0.29) is 11.3 Å². The van der Waals surface area contributed by atoms with Crippen molar-refractivity contribution in [3.63, 3.8) is 0 Å². The van der Waals surface area contributed by atoms with E-state index >= 15 is 0 Å². The van der Waals surface area contributed by atoms with Gasteiger partial charge in [0, 0.05) is 42.7 Å². The van der Waals surface area contributed by atoms with Crippen molar-refractivity contribution in [3.8, 4) is 11.4 Å². The maximum atomic E-state index is 15.0. The summed E-state index contributed by atoms with van der Waals surface area (Å²) in [7, 11) is 1.69. The first-order valence-electron chi connectivity index (χ1n) is 10.0. The van der Waals surface area contributed by atoms with Crippen LogP contribution in [0.5, 0.6) is 0 Å². The smallest absolute Gasteiger partial charge is 0.160 e. The molecule has 7 heteroatoms. The maximum absolute atomic E-state index is 15.0. The minimum absolute atomic E-state index is 0.238. The Labute approximate surface area is 172 Å². The Morgan fingerprint density at radius 2 is 1.80 bits per heavy atom. The van der Waals surface area contributed by atoms with Crippen molar-refractivity contribution in [3.05, 3.63) is 59.9 Å². The predicted octanol–water partition coefficient (Wildman–Crippen LogP) is 4.57. The molecule has 0 N–H and O–H groups in total. The molecule has 0 atom stereocenters. The lowest BCUT2D eigenvalue weighted by atomic mass is 9.98. The second-order valence-electron chi connectivity index (χ2n) is 7.63. The predicted molar refractivity (Wildman–Crippen MR) is 114 cm³/mol. The average Bonchev–Trinajstić information content (AvgIpc) is 3.14. The van der Waals surface area contributed by atoms with Gasteiger partial charge in [0.2, 0.25) is 0 Å². The molecule has 0 spiro atoms. The fourth-order valence-corrected chi connectivity index (χ4v) is 4.08. The number of benzene rings is 2. The largest absolute Gasteiger partial charge is 0.300 e. The molecule has 0 bridgehead atoms. The summed E-state index contributed by atoms with van der Waals surface area (Å²) in [6.45, 7) is 5.00. The van der Waals surface area contributed by atoms with Crippen LogP contribution < -0.4 is 0 Å². The zero-order valence-corrected chi connectivity index (χ0v) is 16.9. The Morgan fingerprint density at radius 3 is 2.57 bits per heavy atom. The van der Waals surface area contributed by atoms with Gasteiger partial charge in [-0.05, 0) is 48.4 Å². The van der Waals surface area contributed by atoms with Crippen LogP contribution in [-0.2, 0) is 7.05 Å². The van der Waals surface area contributed by atoms with Crippen LogP contribution in [-0.4, -0.2) is 44.3 Å². The Hall–Kier alpha value is -3.19. The van der Waals surface area contributed by atoms with Crippen LogP contribution in [0.2, 0.25) is 0 Å². The maximum Gasteiger partial charge on any atom is 0.160 e. The fourth-order valence-electron chi connectivity index (χ4n) is 4.08. The first kappa shape index (κ1) is 18.8. The molecule has 5 rings (SSSR count). The van der Waals surface area contributed by atoms with E-state index in [1.165, 1.54) is 16.8 Å². The number of hydrogen-bond acceptors (Lipinski definition) is 4. The van der Waals surface area contributed by atoms with Crippen molar-refractivity contribution in [1.82, 2.24) is 24.6 Å². The highest BCUT2D eigenvalue weighted by molar-refractivity contribution is 5.87. The molecule has 0 unspecified atom stereocenters. The molecule has 0 saturated carbocycles. The number of aromatic nitrogens is 4. The van der Waals surface area contributed by atoms with Crippen LogP contribution >= 0.6 is 0 Å². The molecular formula is C23H21F2N5. The van der Waals surface area contributed by atoms with Gasteiger partial charge in [-0.2, -0.15) is 5.10 Å². The van der Waals surface area contributed by atoms with Gasteiger partial charge in [-0.15, -0.1) is 0 Å². The molecule has 0 amide bonds. The lowest BCUT2D eigenvalue weighted by molar-refractivity contribution is 0.318. The molecular weight excluding hydrogens is 384 g/mol. The Morgan fingerprint density at radius 1 is 1.00 bits per heavy atom. The number of hydrogen-bond donors (Lipinski definition) is 0. The van der Waals surface area contributed by atoms with Crippen LogP contribution in [0.15, 0.2) is 42.7 Å². The number of rotatable bonds is 3. The molecule has 0 aliphatic carbocycles. The summed E-state index contributed by atoms with van der Waals surface area (Å²) >= 11 is 0. The highest BCUT2D eigenvalue weighted by Crippen LogP contribution is 2.29. The van der Waals surface area contributed by atoms with E-state index in [1.807, 2.05) is 6.07 Å². The summed E-state index contributed by atoms with van der Waals surface area (Å²) in [5.74, 6) is -0.519. The number of fused-ring (bicyclic) bond motifs is 2. The molecule has 1 aliphatic rings. The minimum atomic E-state index is -0.410. The molecule has 2 aromatic carbocycles. The summed E-state index contributed by atoms with van der Waals surface area (Å²) in [4.78, 5) is 11.1. The van der Waals surface area contributed by atoms with Gasteiger partial charge >= 0.3 is 0 Å². The van der Waals surface area contributed by atoms with Crippen LogP contribution in [0.25, 0.3) is 38.8 Å². The molecule has 5 nitrogen and oxygen atoms in total. The highest BCUT2D eigenvalue weighted by Gasteiger charge is 2.16. The third kappa shape index (κ3) is 3.15. The van der Waals surface area contributed by atoms with Crippen LogP contribution in [0.1, 0.15) is 18.9 Å². The van der Waals surface area contributed by atoms with Gasteiger partial charge in [0.1, 0.15) is 22.7 Å². The third-order valence-electron chi connectivity index (χ3n) is 5.79. The molecule has 0 radical (unpaired) electrons.